The van der Waals surface area contributed by atoms with Crippen LogP contribution in [0.2, 0.25) is 0 Å². The highest BCUT2D eigenvalue weighted by Gasteiger charge is 2.11. The van der Waals surface area contributed by atoms with Crippen LogP contribution >= 0.6 is 15.9 Å². The van der Waals surface area contributed by atoms with Gasteiger partial charge in [0.2, 0.25) is 0 Å². The second-order valence-corrected chi connectivity index (χ2v) is 5.05. The molecule has 1 unspecified atom stereocenters. The Kier molecular flexibility index (Phi) is 5.25. The molecule has 3 nitrogen and oxygen atoms in total. The SMILES string of the molecule is CC(C)C(CO)NCc1ccc(O)c(Br)c1. The van der Waals surface area contributed by atoms with Crippen molar-refractivity contribution < 1.29 is 10.2 Å². The van der Waals surface area contributed by atoms with E-state index < -0.39 is 0 Å². The maximum absolute atomic E-state index is 9.35. The van der Waals surface area contributed by atoms with Crippen LogP contribution in [0.15, 0.2) is 22.7 Å². The molecule has 90 valence electrons. The Balaban J connectivity index is 2.57. The van der Waals surface area contributed by atoms with Gasteiger partial charge < -0.3 is 15.5 Å². The summed E-state index contributed by atoms with van der Waals surface area (Å²) in [5, 5.41) is 21.8. The van der Waals surface area contributed by atoms with Gasteiger partial charge in [0.15, 0.2) is 0 Å². The van der Waals surface area contributed by atoms with E-state index in [9.17, 15) is 5.11 Å². The fourth-order valence-corrected chi connectivity index (χ4v) is 1.85. The normalized spacial score (nSPS) is 13.1. The largest absolute Gasteiger partial charge is 0.507 e. The van der Waals surface area contributed by atoms with Crippen LogP contribution in [-0.2, 0) is 6.54 Å². The van der Waals surface area contributed by atoms with Gasteiger partial charge in [0.25, 0.3) is 0 Å². The molecule has 3 N–H and O–H groups in total. The second-order valence-electron chi connectivity index (χ2n) is 4.20. The molecular formula is C12H18BrNO2. The van der Waals surface area contributed by atoms with E-state index in [0.717, 1.165) is 5.56 Å². The Morgan fingerprint density at radius 2 is 2.06 bits per heavy atom. The van der Waals surface area contributed by atoms with Crippen LogP contribution in [0.3, 0.4) is 0 Å². The molecule has 16 heavy (non-hydrogen) atoms. The van der Waals surface area contributed by atoms with Crippen LogP contribution in [0.25, 0.3) is 0 Å². The average molecular weight is 288 g/mol. The quantitative estimate of drug-likeness (QED) is 0.779. The standard InChI is InChI=1S/C12H18BrNO2/c1-8(2)11(7-15)14-6-9-3-4-12(16)10(13)5-9/h3-5,8,11,14-16H,6-7H2,1-2H3. The molecule has 0 aliphatic rings. The summed E-state index contributed by atoms with van der Waals surface area (Å²) in [4.78, 5) is 0. The molecule has 0 aromatic heterocycles. The van der Waals surface area contributed by atoms with Crippen molar-refractivity contribution in [2.24, 2.45) is 5.92 Å². The summed E-state index contributed by atoms with van der Waals surface area (Å²) in [6, 6.07) is 5.50. The van der Waals surface area contributed by atoms with E-state index in [4.69, 9.17) is 5.11 Å². The summed E-state index contributed by atoms with van der Waals surface area (Å²) >= 11 is 3.27. The van der Waals surface area contributed by atoms with E-state index in [1.165, 1.54) is 0 Å². The Bertz CT molecular complexity index is 342. The number of hydrogen-bond donors (Lipinski definition) is 3. The summed E-state index contributed by atoms with van der Waals surface area (Å²) < 4.78 is 0.692. The lowest BCUT2D eigenvalue weighted by atomic mass is 10.1. The highest BCUT2D eigenvalue weighted by molar-refractivity contribution is 9.10. The van der Waals surface area contributed by atoms with Gasteiger partial charge in [-0.1, -0.05) is 19.9 Å². The molecule has 0 saturated carbocycles. The smallest absolute Gasteiger partial charge is 0.129 e. The topological polar surface area (TPSA) is 52.5 Å². The van der Waals surface area contributed by atoms with Gasteiger partial charge in [0.1, 0.15) is 5.75 Å². The molecule has 0 amide bonds. The molecule has 0 radical (unpaired) electrons. The van der Waals surface area contributed by atoms with Gasteiger partial charge in [-0.3, -0.25) is 0 Å². The minimum atomic E-state index is 0.104. The van der Waals surface area contributed by atoms with Gasteiger partial charge in [0, 0.05) is 12.6 Å². The molecule has 0 saturated heterocycles. The Labute approximate surface area is 105 Å². The zero-order chi connectivity index (χ0) is 12.1. The molecule has 1 rings (SSSR count). The predicted octanol–water partition coefficient (Wildman–Crippen LogP) is 2.26. The molecule has 1 aromatic rings. The monoisotopic (exact) mass is 287 g/mol. The fraction of sp³-hybridized carbons (Fsp3) is 0.500. The van der Waals surface area contributed by atoms with Crippen molar-refractivity contribution in [3.8, 4) is 5.75 Å². The van der Waals surface area contributed by atoms with Crippen LogP contribution in [0.1, 0.15) is 19.4 Å². The van der Waals surface area contributed by atoms with Crippen molar-refractivity contribution in [1.29, 1.82) is 0 Å². The third-order valence-corrected chi connectivity index (χ3v) is 3.22. The number of aliphatic hydroxyl groups is 1. The Hall–Kier alpha value is -0.580. The number of aromatic hydroxyl groups is 1. The van der Waals surface area contributed by atoms with Gasteiger partial charge in [0.05, 0.1) is 11.1 Å². The lowest BCUT2D eigenvalue weighted by molar-refractivity contribution is 0.210. The second kappa shape index (κ2) is 6.23. The van der Waals surface area contributed by atoms with Crippen LogP contribution < -0.4 is 5.32 Å². The van der Waals surface area contributed by atoms with Gasteiger partial charge in [-0.15, -0.1) is 0 Å². The summed E-state index contributed by atoms with van der Waals surface area (Å²) in [5.41, 5.74) is 1.07. The molecule has 0 aliphatic carbocycles. The van der Waals surface area contributed by atoms with Gasteiger partial charge in [-0.2, -0.15) is 0 Å². The van der Waals surface area contributed by atoms with Gasteiger partial charge in [-0.05, 0) is 39.5 Å². The number of aliphatic hydroxyl groups excluding tert-OH is 1. The van der Waals surface area contributed by atoms with E-state index in [0.29, 0.717) is 16.9 Å². The van der Waals surface area contributed by atoms with E-state index in [-0.39, 0.29) is 18.4 Å². The maximum Gasteiger partial charge on any atom is 0.129 e. The summed E-state index contributed by atoms with van der Waals surface area (Å²) in [5.74, 6) is 0.636. The lowest BCUT2D eigenvalue weighted by Gasteiger charge is -2.20. The first-order valence-corrected chi connectivity index (χ1v) is 6.15. The van der Waals surface area contributed by atoms with E-state index in [1.807, 2.05) is 12.1 Å². The van der Waals surface area contributed by atoms with Crippen LogP contribution in [0.5, 0.6) is 5.75 Å². The van der Waals surface area contributed by atoms with Crippen molar-refractivity contribution in [3.05, 3.63) is 28.2 Å². The highest BCUT2D eigenvalue weighted by Crippen LogP contribution is 2.24. The first-order valence-electron chi connectivity index (χ1n) is 5.36. The number of phenolic OH excluding ortho intramolecular Hbond substituents is 1. The number of halogens is 1. The molecule has 0 fully saturated rings. The Morgan fingerprint density at radius 3 is 2.56 bits per heavy atom. The molecule has 0 heterocycles. The number of rotatable bonds is 5. The van der Waals surface area contributed by atoms with Crippen molar-refractivity contribution in [2.45, 2.75) is 26.4 Å². The third kappa shape index (κ3) is 3.77. The van der Waals surface area contributed by atoms with Crippen molar-refractivity contribution in [2.75, 3.05) is 6.61 Å². The van der Waals surface area contributed by atoms with Gasteiger partial charge >= 0.3 is 0 Å². The number of phenols is 1. The van der Waals surface area contributed by atoms with Crippen LogP contribution in [0, 0.1) is 5.92 Å². The van der Waals surface area contributed by atoms with E-state index in [2.05, 4.69) is 35.1 Å². The minimum absolute atomic E-state index is 0.104. The number of hydrogen-bond acceptors (Lipinski definition) is 3. The van der Waals surface area contributed by atoms with Crippen molar-refractivity contribution >= 4 is 15.9 Å². The maximum atomic E-state index is 9.35. The molecule has 0 bridgehead atoms. The first kappa shape index (κ1) is 13.5. The van der Waals surface area contributed by atoms with Gasteiger partial charge in [-0.25, -0.2) is 0 Å². The Morgan fingerprint density at radius 1 is 1.38 bits per heavy atom. The first-order chi connectivity index (χ1) is 7.54. The molecule has 4 heteroatoms. The molecular weight excluding hydrogens is 270 g/mol. The molecule has 1 atom stereocenters. The number of nitrogens with one attached hydrogen (secondary N) is 1. The summed E-state index contributed by atoms with van der Waals surface area (Å²) in [6.45, 7) is 4.96. The minimum Gasteiger partial charge on any atom is -0.507 e. The zero-order valence-electron chi connectivity index (χ0n) is 9.57. The third-order valence-electron chi connectivity index (χ3n) is 2.58. The molecule has 0 spiro atoms. The fourth-order valence-electron chi connectivity index (χ4n) is 1.42. The van der Waals surface area contributed by atoms with E-state index >= 15 is 0 Å². The predicted molar refractivity (Wildman–Crippen MR) is 68.4 cm³/mol. The lowest BCUT2D eigenvalue weighted by Crippen LogP contribution is -2.36. The average Bonchev–Trinajstić information content (AvgIpc) is 2.23. The number of benzene rings is 1. The molecule has 0 aliphatic heterocycles. The van der Waals surface area contributed by atoms with Crippen molar-refractivity contribution in [3.63, 3.8) is 0 Å². The molecule has 1 aromatic carbocycles. The van der Waals surface area contributed by atoms with Crippen LogP contribution in [0.4, 0.5) is 0 Å². The summed E-state index contributed by atoms with van der Waals surface area (Å²) in [7, 11) is 0. The zero-order valence-corrected chi connectivity index (χ0v) is 11.2. The highest BCUT2D eigenvalue weighted by atomic mass is 79.9. The van der Waals surface area contributed by atoms with Crippen molar-refractivity contribution in [1.82, 2.24) is 5.32 Å². The van der Waals surface area contributed by atoms with E-state index in [1.54, 1.807) is 6.07 Å². The summed E-state index contributed by atoms with van der Waals surface area (Å²) in [6.07, 6.45) is 0. The van der Waals surface area contributed by atoms with Crippen LogP contribution in [-0.4, -0.2) is 22.9 Å².